The molecule has 4 aromatic rings. The van der Waals surface area contributed by atoms with Crippen LogP contribution in [0.1, 0.15) is 5.56 Å². The molecule has 0 saturated carbocycles. The Bertz CT molecular complexity index is 1030. The van der Waals surface area contributed by atoms with Crippen LogP contribution in [0.2, 0.25) is 0 Å². The van der Waals surface area contributed by atoms with Gasteiger partial charge in [-0.1, -0.05) is 6.07 Å². The smallest absolute Gasteiger partial charge is 0.334 e. The molecule has 0 radical (unpaired) electrons. The molecule has 0 atom stereocenters. The van der Waals surface area contributed by atoms with Crippen LogP contribution in [0.5, 0.6) is 0 Å². The fourth-order valence-corrected chi connectivity index (χ4v) is 2.59. The van der Waals surface area contributed by atoms with E-state index < -0.39 is 11.7 Å². The van der Waals surface area contributed by atoms with E-state index in [4.69, 9.17) is 0 Å². The van der Waals surface area contributed by atoms with E-state index in [9.17, 15) is 13.2 Å². The van der Waals surface area contributed by atoms with Gasteiger partial charge in [0.2, 0.25) is 0 Å². The Morgan fingerprint density at radius 3 is 2.65 bits per heavy atom. The van der Waals surface area contributed by atoms with Gasteiger partial charge in [0.15, 0.2) is 0 Å². The van der Waals surface area contributed by atoms with Gasteiger partial charge in [-0.15, -0.1) is 0 Å². The number of alkyl halides is 3. The number of rotatable bonds is 1. The molecule has 0 bridgehead atoms. The number of halogens is 3. The fraction of sp³-hybridized carbons (Fsp3) is 0.125. The predicted octanol–water partition coefficient (Wildman–Crippen LogP) is 3.91. The van der Waals surface area contributed by atoms with Crippen molar-refractivity contribution in [3.8, 4) is 11.3 Å². The van der Waals surface area contributed by atoms with E-state index in [0.29, 0.717) is 11.3 Å². The third-order valence-electron chi connectivity index (χ3n) is 3.80. The van der Waals surface area contributed by atoms with Gasteiger partial charge in [-0.25, -0.2) is 9.97 Å². The molecule has 1 aromatic carbocycles. The first-order chi connectivity index (χ1) is 10.9. The summed E-state index contributed by atoms with van der Waals surface area (Å²) in [6.07, 6.45) is -0.0149. The minimum absolute atomic E-state index is 0.467. The molecule has 3 heterocycles. The highest BCUT2D eigenvalue weighted by molar-refractivity contribution is 5.81. The molecule has 0 aliphatic rings. The van der Waals surface area contributed by atoms with Crippen LogP contribution >= 0.6 is 0 Å². The van der Waals surface area contributed by atoms with Gasteiger partial charge in [-0.2, -0.15) is 13.2 Å². The first-order valence-corrected chi connectivity index (χ1v) is 6.89. The van der Waals surface area contributed by atoms with Gasteiger partial charge in [0.05, 0.1) is 28.6 Å². The molecule has 4 rings (SSSR count). The normalized spacial score (nSPS) is 12.3. The van der Waals surface area contributed by atoms with Crippen LogP contribution < -0.4 is 0 Å². The zero-order chi connectivity index (χ0) is 16.2. The van der Waals surface area contributed by atoms with Crippen molar-refractivity contribution in [3.63, 3.8) is 0 Å². The zero-order valence-electron chi connectivity index (χ0n) is 12.0. The summed E-state index contributed by atoms with van der Waals surface area (Å²) in [7, 11) is 1.90. The minimum Gasteiger partial charge on any atom is -0.334 e. The monoisotopic (exact) mass is 316 g/mol. The van der Waals surface area contributed by atoms with Crippen molar-refractivity contribution >= 4 is 16.7 Å². The van der Waals surface area contributed by atoms with E-state index >= 15 is 0 Å². The summed E-state index contributed by atoms with van der Waals surface area (Å²) in [5.41, 5.74) is 2.99. The highest BCUT2D eigenvalue weighted by Crippen LogP contribution is 2.30. The quantitative estimate of drug-likeness (QED) is 0.534. The molecular formula is C16H11F3N4. The van der Waals surface area contributed by atoms with Gasteiger partial charge in [0.25, 0.3) is 0 Å². The molecule has 0 fully saturated rings. The van der Waals surface area contributed by atoms with Crippen LogP contribution in [0.4, 0.5) is 13.2 Å². The average Bonchev–Trinajstić information content (AvgIpc) is 3.09. The van der Waals surface area contributed by atoms with Crippen LogP contribution in [0.15, 0.2) is 49.1 Å². The molecular weight excluding hydrogens is 305 g/mol. The Morgan fingerprint density at radius 1 is 1.04 bits per heavy atom. The average molecular weight is 316 g/mol. The minimum atomic E-state index is -4.37. The molecule has 0 amide bonds. The molecule has 116 valence electrons. The Kier molecular flexibility index (Phi) is 2.75. The summed E-state index contributed by atoms with van der Waals surface area (Å²) in [5.74, 6) is 0. The number of hydrogen-bond acceptors (Lipinski definition) is 2. The summed E-state index contributed by atoms with van der Waals surface area (Å²) in [4.78, 5) is 8.67. The van der Waals surface area contributed by atoms with E-state index in [-0.39, 0.29) is 0 Å². The number of imidazole rings is 2. The third-order valence-corrected chi connectivity index (χ3v) is 3.80. The van der Waals surface area contributed by atoms with Crippen molar-refractivity contribution in [1.82, 2.24) is 18.9 Å². The largest absolute Gasteiger partial charge is 0.417 e. The highest BCUT2D eigenvalue weighted by Gasteiger charge is 2.30. The summed E-state index contributed by atoms with van der Waals surface area (Å²) >= 11 is 0. The van der Waals surface area contributed by atoms with E-state index in [1.165, 1.54) is 10.5 Å². The molecule has 0 N–H and O–H groups in total. The van der Waals surface area contributed by atoms with Crippen LogP contribution in [0, 0.1) is 0 Å². The summed E-state index contributed by atoms with van der Waals surface area (Å²) in [5, 5.41) is 0. The van der Waals surface area contributed by atoms with E-state index in [0.717, 1.165) is 28.9 Å². The van der Waals surface area contributed by atoms with Crippen LogP contribution in [0.3, 0.4) is 0 Å². The van der Waals surface area contributed by atoms with E-state index in [1.807, 2.05) is 29.8 Å². The number of aryl methyl sites for hydroxylation is 1. The van der Waals surface area contributed by atoms with Crippen molar-refractivity contribution < 1.29 is 13.2 Å². The van der Waals surface area contributed by atoms with Crippen molar-refractivity contribution in [3.05, 3.63) is 54.6 Å². The van der Waals surface area contributed by atoms with Crippen molar-refractivity contribution in [2.75, 3.05) is 0 Å². The number of benzene rings is 1. The molecule has 0 saturated heterocycles. The maximum atomic E-state index is 12.8. The predicted molar refractivity (Wildman–Crippen MR) is 79.9 cm³/mol. The van der Waals surface area contributed by atoms with Gasteiger partial charge >= 0.3 is 6.18 Å². The lowest BCUT2D eigenvalue weighted by Gasteiger charge is -2.05. The second-order valence-corrected chi connectivity index (χ2v) is 5.37. The lowest BCUT2D eigenvalue weighted by atomic mass is 10.1. The van der Waals surface area contributed by atoms with E-state index in [2.05, 4.69) is 9.97 Å². The number of hydrogen-bond donors (Lipinski definition) is 0. The molecule has 3 aromatic heterocycles. The van der Waals surface area contributed by atoms with Crippen LogP contribution in [0.25, 0.3) is 27.9 Å². The number of aromatic nitrogens is 4. The Morgan fingerprint density at radius 2 is 1.87 bits per heavy atom. The molecule has 0 spiro atoms. The van der Waals surface area contributed by atoms with Crippen LogP contribution in [-0.2, 0) is 13.2 Å². The van der Waals surface area contributed by atoms with E-state index in [1.54, 1.807) is 12.5 Å². The van der Waals surface area contributed by atoms with Gasteiger partial charge in [0, 0.05) is 25.0 Å². The third kappa shape index (κ3) is 2.25. The van der Waals surface area contributed by atoms with Crippen molar-refractivity contribution in [2.45, 2.75) is 6.18 Å². The van der Waals surface area contributed by atoms with Gasteiger partial charge < -0.3 is 8.97 Å². The molecule has 7 heteroatoms. The lowest BCUT2D eigenvalue weighted by Crippen LogP contribution is -2.05. The first-order valence-electron chi connectivity index (χ1n) is 6.89. The second kappa shape index (κ2) is 4.58. The molecule has 0 unspecified atom stereocenters. The summed E-state index contributed by atoms with van der Waals surface area (Å²) in [6.45, 7) is 0. The zero-order valence-corrected chi connectivity index (χ0v) is 12.0. The Hall–Kier alpha value is -2.83. The molecule has 0 aliphatic carbocycles. The van der Waals surface area contributed by atoms with Crippen molar-refractivity contribution in [1.29, 1.82) is 0 Å². The highest BCUT2D eigenvalue weighted by atomic mass is 19.4. The molecule has 23 heavy (non-hydrogen) atoms. The van der Waals surface area contributed by atoms with Crippen molar-refractivity contribution in [2.24, 2.45) is 7.05 Å². The Labute approximate surface area is 128 Å². The first kappa shape index (κ1) is 13.8. The lowest BCUT2D eigenvalue weighted by molar-refractivity contribution is -0.137. The van der Waals surface area contributed by atoms with Gasteiger partial charge in [-0.3, -0.25) is 0 Å². The van der Waals surface area contributed by atoms with Gasteiger partial charge in [0.1, 0.15) is 5.65 Å². The number of pyridine rings is 1. The maximum absolute atomic E-state index is 12.8. The van der Waals surface area contributed by atoms with Crippen LogP contribution in [-0.4, -0.2) is 18.9 Å². The summed E-state index contributed by atoms with van der Waals surface area (Å²) in [6, 6.07) is 8.08. The molecule has 0 aliphatic heterocycles. The summed E-state index contributed by atoms with van der Waals surface area (Å²) < 4.78 is 41.6. The number of nitrogens with zero attached hydrogens (tertiary/aromatic N) is 4. The Balaban J connectivity index is 1.84. The fourth-order valence-electron chi connectivity index (χ4n) is 2.59. The maximum Gasteiger partial charge on any atom is 0.417 e. The standard InChI is InChI=1S/C16H11F3N4/c1-22-9-20-12-6-10(2-4-14(12)22)13-8-23-7-11(16(17,18)19)3-5-15(23)21-13/h2-9H,1H3. The molecule has 4 nitrogen and oxygen atoms in total. The topological polar surface area (TPSA) is 35.1 Å². The van der Waals surface area contributed by atoms with Gasteiger partial charge in [-0.05, 0) is 24.3 Å². The number of fused-ring (bicyclic) bond motifs is 2. The SMILES string of the molecule is Cn1cnc2cc(-c3cn4cc(C(F)(F)F)ccc4n3)ccc21. The second-order valence-electron chi connectivity index (χ2n) is 5.37.